The lowest BCUT2D eigenvalue weighted by Crippen LogP contribution is -2.50. The Morgan fingerprint density at radius 2 is 1.88 bits per heavy atom. The van der Waals surface area contributed by atoms with E-state index in [2.05, 4.69) is 29.3 Å². The average Bonchev–Trinajstić information content (AvgIpc) is 2.69. The third kappa shape index (κ3) is 3.80. The molecule has 1 aliphatic rings. The Kier molecular flexibility index (Phi) is 5.43. The molecular weight excluding hydrogens is 324 g/mol. The molecule has 5 nitrogen and oxygen atoms in total. The van der Waals surface area contributed by atoms with E-state index >= 15 is 0 Å². The van der Waals surface area contributed by atoms with Crippen LogP contribution >= 0.6 is 0 Å². The van der Waals surface area contributed by atoms with Crippen LogP contribution in [0.2, 0.25) is 0 Å². The van der Waals surface area contributed by atoms with E-state index in [1.807, 2.05) is 42.2 Å². The van der Waals surface area contributed by atoms with Crippen molar-refractivity contribution in [3.05, 3.63) is 59.2 Å². The van der Waals surface area contributed by atoms with Gasteiger partial charge in [0.1, 0.15) is 0 Å². The van der Waals surface area contributed by atoms with Gasteiger partial charge in [0.05, 0.1) is 11.6 Å². The number of aryl methyl sites for hydroxylation is 2. The first-order valence-corrected chi connectivity index (χ1v) is 9.02. The van der Waals surface area contributed by atoms with Crippen molar-refractivity contribution >= 4 is 17.4 Å². The molecule has 2 amide bonds. The summed E-state index contributed by atoms with van der Waals surface area (Å²) >= 11 is 0. The molecule has 1 heterocycles. The van der Waals surface area contributed by atoms with E-state index in [1.54, 1.807) is 6.07 Å². The van der Waals surface area contributed by atoms with Gasteiger partial charge in [0.2, 0.25) is 0 Å². The minimum Gasteiger partial charge on any atom is -0.368 e. The van der Waals surface area contributed by atoms with Crippen molar-refractivity contribution in [2.24, 2.45) is 0 Å². The summed E-state index contributed by atoms with van der Waals surface area (Å²) in [7, 11) is 0. The van der Waals surface area contributed by atoms with Crippen LogP contribution < -0.4 is 10.2 Å². The highest BCUT2D eigenvalue weighted by Gasteiger charge is 2.22. The fourth-order valence-corrected chi connectivity index (χ4v) is 3.33. The monoisotopic (exact) mass is 348 g/mol. The zero-order valence-electron chi connectivity index (χ0n) is 15.3. The van der Waals surface area contributed by atoms with Crippen LogP contribution in [0.3, 0.4) is 0 Å². The molecule has 0 aromatic heterocycles. The molecule has 2 aromatic carbocycles. The molecule has 0 bridgehead atoms. The summed E-state index contributed by atoms with van der Waals surface area (Å²) in [5, 5.41) is 12.1. The number of urea groups is 1. The van der Waals surface area contributed by atoms with Crippen LogP contribution in [0, 0.1) is 18.3 Å². The number of rotatable bonds is 3. The van der Waals surface area contributed by atoms with Crippen LogP contribution in [0.15, 0.2) is 42.5 Å². The van der Waals surface area contributed by atoms with E-state index in [4.69, 9.17) is 5.26 Å². The van der Waals surface area contributed by atoms with Gasteiger partial charge in [-0.2, -0.15) is 5.26 Å². The molecule has 0 aliphatic carbocycles. The number of hydrogen-bond donors (Lipinski definition) is 1. The Balaban J connectivity index is 1.63. The van der Waals surface area contributed by atoms with Gasteiger partial charge in [0, 0.05) is 37.6 Å². The lowest BCUT2D eigenvalue weighted by Gasteiger charge is -2.36. The highest BCUT2D eigenvalue weighted by atomic mass is 16.2. The van der Waals surface area contributed by atoms with E-state index < -0.39 is 0 Å². The Morgan fingerprint density at radius 3 is 2.58 bits per heavy atom. The van der Waals surface area contributed by atoms with Gasteiger partial charge in [-0.25, -0.2) is 4.79 Å². The van der Waals surface area contributed by atoms with Gasteiger partial charge in [-0.3, -0.25) is 0 Å². The molecule has 0 unspecified atom stereocenters. The molecule has 1 aliphatic heterocycles. The van der Waals surface area contributed by atoms with E-state index in [0.717, 1.165) is 42.0 Å². The fraction of sp³-hybridized carbons (Fsp3) is 0.333. The molecule has 134 valence electrons. The number of carbonyl (C=O) groups is 1. The van der Waals surface area contributed by atoms with Gasteiger partial charge >= 0.3 is 6.03 Å². The molecule has 0 radical (unpaired) electrons. The van der Waals surface area contributed by atoms with Gasteiger partial charge in [0.25, 0.3) is 0 Å². The summed E-state index contributed by atoms with van der Waals surface area (Å²) in [6.45, 7) is 6.97. The highest BCUT2D eigenvalue weighted by Crippen LogP contribution is 2.22. The summed E-state index contributed by atoms with van der Waals surface area (Å²) in [6.07, 6.45) is 0.889. The second kappa shape index (κ2) is 7.92. The molecule has 1 fully saturated rings. The largest absolute Gasteiger partial charge is 0.368 e. The van der Waals surface area contributed by atoms with Crippen molar-refractivity contribution in [1.29, 1.82) is 5.26 Å². The maximum Gasteiger partial charge on any atom is 0.321 e. The smallest absolute Gasteiger partial charge is 0.321 e. The number of amides is 2. The standard InChI is InChI=1S/C21H24N4O/c1-3-18-8-4-6-16(2)20(18)23-21(26)25-12-10-24(11-13-25)19-9-5-7-17(14-19)15-22/h4-9,14H,3,10-13H2,1-2H3,(H,23,26). The van der Waals surface area contributed by atoms with Gasteiger partial charge < -0.3 is 15.1 Å². The molecule has 5 heteroatoms. The molecule has 26 heavy (non-hydrogen) atoms. The fourth-order valence-electron chi connectivity index (χ4n) is 3.33. The predicted molar refractivity (Wildman–Crippen MR) is 105 cm³/mol. The van der Waals surface area contributed by atoms with E-state index in [-0.39, 0.29) is 6.03 Å². The number of benzene rings is 2. The predicted octanol–water partition coefficient (Wildman–Crippen LogP) is 3.78. The van der Waals surface area contributed by atoms with Crippen LogP contribution in [-0.2, 0) is 6.42 Å². The topological polar surface area (TPSA) is 59.4 Å². The number of piperazine rings is 1. The molecule has 0 saturated carbocycles. The number of nitriles is 1. The van der Waals surface area contributed by atoms with Crippen LogP contribution in [0.4, 0.5) is 16.2 Å². The average molecular weight is 348 g/mol. The normalized spacial score (nSPS) is 14.0. The highest BCUT2D eigenvalue weighted by molar-refractivity contribution is 5.91. The van der Waals surface area contributed by atoms with E-state index in [9.17, 15) is 4.79 Å². The number of nitrogens with zero attached hydrogens (tertiary/aromatic N) is 3. The first-order chi connectivity index (χ1) is 12.6. The lowest BCUT2D eigenvalue weighted by atomic mass is 10.1. The summed E-state index contributed by atoms with van der Waals surface area (Å²) < 4.78 is 0. The molecule has 0 atom stereocenters. The van der Waals surface area contributed by atoms with Gasteiger partial charge in [-0.05, 0) is 42.7 Å². The quantitative estimate of drug-likeness (QED) is 0.918. The van der Waals surface area contributed by atoms with E-state index in [1.165, 1.54) is 0 Å². The van der Waals surface area contributed by atoms with Gasteiger partial charge in [0.15, 0.2) is 0 Å². The zero-order chi connectivity index (χ0) is 18.5. The second-order valence-electron chi connectivity index (χ2n) is 6.53. The van der Waals surface area contributed by atoms with Crippen LogP contribution in [0.25, 0.3) is 0 Å². The Labute approximate surface area is 154 Å². The van der Waals surface area contributed by atoms with Crippen molar-refractivity contribution in [2.75, 3.05) is 36.4 Å². The minimum atomic E-state index is -0.0422. The van der Waals surface area contributed by atoms with Crippen molar-refractivity contribution in [2.45, 2.75) is 20.3 Å². The van der Waals surface area contributed by atoms with Crippen molar-refractivity contribution in [3.8, 4) is 6.07 Å². The van der Waals surface area contributed by atoms with Gasteiger partial charge in [-0.15, -0.1) is 0 Å². The van der Waals surface area contributed by atoms with Crippen LogP contribution in [-0.4, -0.2) is 37.1 Å². The van der Waals surface area contributed by atoms with E-state index in [0.29, 0.717) is 18.7 Å². The first kappa shape index (κ1) is 17.8. The zero-order valence-corrected chi connectivity index (χ0v) is 15.3. The molecule has 3 rings (SSSR count). The number of hydrogen-bond acceptors (Lipinski definition) is 3. The second-order valence-corrected chi connectivity index (χ2v) is 6.53. The summed E-state index contributed by atoms with van der Waals surface area (Å²) in [5.74, 6) is 0. The molecule has 0 spiro atoms. The maximum atomic E-state index is 12.7. The molecule has 2 aromatic rings. The summed E-state index contributed by atoms with van der Waals surface area (Å²) in [4.78, 5) is 16.8. The molecule has 1 N–H and O–H groups in total. The molecule has 1 saturated heterocycles. The summed E-state index contributed by atoms with van der Waals surface area (Å²) in [5.41, 5.74) is 4.88. The number of nitrogens with one attached hydrogen (secondary N) is 1. The van der Waals surface area contributed by atoms with Crippen molar-refractivity contribution < 1.29 is 4.79 Å². The SMILES string of the molecule is CCc1cccc(C)c1NC(=O)N1CCN(c2cccc(C#N)c2)CC1. The van der Waals surface area contributed by atoms with Crippen LogP contribution in [0.1, 0.15) is 23.6 Å². The lowest BCUT2D eigenvalue weighted by molar-refractivity contribution is 0.208. The Bertz CT molecular complexity index is 832. The summed E-state index contributed by atoms with van der Waals surface area (Å²) in [6, 6.07) is 15.9. The molecular formula is C21H24N4O. The maximum absolute atomic E-state index is 12.7. The Hall–Kier alpha value is -3.00. The van der Waals surface area contributed by atoms with Crippen LogP contribution in [0.5, 0.6) is 0 Å². The Morgan fingerprint density at radius 1 is 1.15 bits per heavy atom. The van der Waals surface area contributed by atoms with Crippen molar-refractivity contribution in [3.63, 3.8) is 0 Å². The number of para-hydroxylation sites is 1. The van der Waals surface area contributed by atoms with Gasteiger partial charge in [-0.1, -0.05) is 31.2 Å². The van der Waals surface area contributed by atoms with Crippen molar-refractivity contribution in [1.82, 2.24) is 4.90 Å². The third-order valence-electron chi connectivity index (χ3n) is 4.88. The number of anilines is 2. The number of carbonyl (C=O) groups excluding carboxylic acids is 1. The first-order valence-electron chi connectivity index (χ1n) is 9.02. The third-order valence-corrected chi connectivity index (χ3v) is 4.88. The minimum absolute atomic E-state index is 0.0422.